The predicted molar refractivity (Wildman–Crippen MR) is 142 cm³/mol. The Morgan fingerprint density at radius 2 is 1.51 bits per heavy atom. The maximum Gasteiger partial charge on any atom is 0.274 e. The molecule has 0 unspecified atom stereocenters. The lowest BCUT2D eigenvalue weighted by Crippen LogP contribution is -2.30. The lowest BCUT2D eigenvalue weighted by Gasteiger charge is -2.19. The van der Waals surface area contributed by atoms with E-state index < -0.39 is 0 Å². The Morgan fingerprint density at radius 1 is 0.892 bits per heavy atom. The topological polar surface area (TPSA) is 94.8 Å². The maximum atomic E-state index is 13.7. The third kappa shape index (κ3) is 5.68. The maximum absolute atomic E-state index is 13.7. The molecule has 5 rings (SSSR count). The summed E-state index contributed by atoms with van der Waals surface area (Å²) in [5.74, 6) is 0.804. The van der Waals surface area contributed by atoms with Crippen molar-refractivity contribution in [3.63, 3.8) is 0 Å². The number of methoxy groups -OCH3 is 1. The molecule has 0 bridgehead atoms. The minimum absolute atomic E-state index is 0.246. The van der Waals surface area contributed by atoms with Crippen molar-refractivity contribution in [2.75, 3.05) is 7.11 Å². The second kappa shape index (κ2) is 11.5. The van der Waals surface area contributed by atoms with Gasteiger partial charge in [0.05, 0.1) is 24.5 Å². The number of hydrogen-bond donors (Lipinski definition) is 1. The van der Waals surface area contributed by atoms with Gasteiger partial charge in [0.1, 0.15) is 5.75 Å². The van der Waals surface area contributed by atoms with Crippen molar-refractivity contribution in [1.82, 2.24) is 30.3 Å². The molecule has 8 nitrogen and oxygen atoms in total. The molecule has 37 heavy (non-hydrogen) atoms. The number of rotatable bonds is 9. The summed E-state index contributed by atoms with van der Waals surface area (Å²) in [6.45, 7) is 0. The molecule has 2 heterocycles. The van der Waals surface area contributed by atoms with Crippen molar-refractivity contribution >= 4 is 17.7 Å². The normalized spacial score (nSPS) is 10.9. The number of carbonyl (C=O) groups is 1. The monoisotopic (exact) mass is 508 g/mol. The number of ether oxygens (including phenoxy) is 1. The summed E-state index contributed by atoms with van der Waals surface area (Å²) in [5, 5.41) is 12.4. The number of thioether (sulfide) groups is 1. The second-order valence-corrected chi connectivity index (χ2v) is 8.98. The highest BCUT2D eigenvalue weighted by molar-refractivity contribution is 7.98. The Labute approximate surface area is 218 Å². The molecule has 0 saturated carbocycles. The molecular weight excluding hydrogens is 484 g/mol. The molecule has 2 aromatic heterocycles. The zero-order chi connectivity index (χ0) is 25.5. The highest BCUT2D eigenvalue weighted by Crippen LogP contribution is 2.26. The average molecular weight is 509 g/mol. The lowest BCUT2D eigenvalue weighted by molar-refractivity contribution is 0.0937. The Morgan fingerprint density at radius 3 is 2.11 bits per heavy atom. The summed E-state index contributed by atoms with van der Waals surface area (Å²) in [4.78, 5) is 22.3. The fourth-order valence-corrected chi connectivity index (χ4v) is 4.68. The van der Waals surface area contributed by atoms with Crippen LogP contribution < -0.4 is 10.1 Å². The molecule has 0 fully saturated rings. The van der Waals surface area contributed by atoms with Gasteiger partial charge in [-0.2, -0.15) is 0 Å². The molecule has 0 atom stereocenters. The van der Waals surface area contributed by atoms with Crippen molar-refractivity contribution < 1.29 is 9.53 Å². The van der Waals surface area contributed by atoms with E-state index in [1.54, 1.807) is 30.3 Å². The van der Waals surface area contributed by atoms with Gasteiger partial charge in [0.25, 0.3) is 5.91 Å². The van der Waals surface area contributed by atoms with Gasteiger partial charge >= 0.3 is 0 Å². The standard InChI is InChI=1S/C28H24N6O2S/c1-36-23-15-13-22(14-16-23)34-24(19-37-28-29-17-8-18-30-28)26(32-33-34)27(35)31-25(20-9-4-2-5-10-20)21-11-6-3-7-12-21/h2-18,25H,19H2,1H3,(H,31,35). The van der Waals surface area contributed by atoms with E-state index in [0.717, 1.165) is 22.6 Å². The van der Waals surface area contributed by atoms with Crippen LogP contribution in [0.15, 0.2) is 109 Å². The number of amides is 1. The van der Waals surface area contributed by atoms with Crippen LogP contribution >= 0.6 is 11.8 Å². The summed E-state index contributed by atoms with van der Waals surface area (Å²) >= 11 is 1.41. The van der Waals surface area contributed by atoms with Crippen molar-refractivity contribution in [3.8, 4) is 11.4 Å². The second-order valence-electron chi connectivity index (χ2n) is 8.04. The molecule has 184 valence electrons. The number of aromatic nitrogens is 5. The average Bonchev–Trinajstić information content (AvgIpc) is 3.40. The van der Waals surface area contributed by atoms with Crippen LogP contribution in [0.2, 0.25) is 0 Å². The molecule has 3 aromatic carbocycles. The summed E-state index contributed by atoms with van der Waals surface area (Å²) in [7, 11) is 1.62. The van der Waals surface area contributed by atoms with Crippen LogP contribution in [-0.4, -0.2) is 38.0 Å². The molecule has 0 aliphatic heterocycles. The molecule has 0 aliphatic rings. The van der Waals surface area contributed by atoms with Crippen LogP contribution in [0.4, 0.5) is 0 Å². The summed E-state index contributed by atoms with van der Waals surface area (Å²) in [6.07, 6.45) is 3.37. The van der Waals surface area contributed by atoms with E-state index in [-0.39, 0.29) is 17.6 Å². The number of nitrogens with one attached hydrogen (secondary N) is 1. The van der Waals surface area contributed by atoms with Gasteiger partial charge in [0.15, 0.2) is 10.9 Å². The Hall–Kier alpha value is -4.50. The number of nitrogens with zero attached hydrogens (tertiary/aromatic N) is 5. The van der Waals surface area contributed by atoms with E-state index in [4.69, 9.17) is 4.74 Å². The van der Waals surface area contributed by atoms with Gasteiger partial charge in [-0.1, -0.05) is 77.6 Å². The SMILES string of the molecule is COc1ccc(-n2nnc(C(=O)NC(c3ccccc3)c3ccccc3)c2CSc2ncccn2)cc1. The van der Waals surface area contributed by atoms with Crippen molar-refractivity contribution in [2.24, 2.45) is 0 Å². The third-order valence-corrected chi connectivity index (χ3v) is 6.60. The van der Waals surface area contributed by atoms with E-state index >= 15 is 0 Å². The Balaban J connectivity index is 1.49. The highest BCUT2D eigenvalue weighted by Gasteiger charge is 2.25. The lowest BCUT2D eigenvalue weighted by atomic mass is 9.98. The number of carbonyl (C=O) groups excluding carboxylic acids is 1. The first-order valence-corrected chi connectivity index (χ1v) is 12.6. The first-order chi connectivity index (χ1) is 18.2. The van der Waals surface area contributed by atoms with Crippen LogP contribution in [0.25, 0.3) is 5.69 Å². The van der Waals surface area contributed by atoms with Crippen LogP contribution in [0, 0.1) is 0 Å². The van der Waals surface area contributed by atoms with E-state index in [9.17, 15) is 4.79 Å². The van der Waals surface area contributed by atoms with E-state index in [1.807, 2.05) is 84.9 Å². The zero-order valence-electron chi connectivity index (χ0n) is 20.1. The number of benzene rings is 3. The quantitative estimate of drug-likeness (QED) is 0.224. The van der Waals surface area contributed by atoms with E-state index in [0.29, 0.717) is 16.6 Å². The van der Waals surface area contributed by atoms with Crippen LogP contribution in [0.5, 0.6) is 5.75 Å². The summed E-state index contributed by atoms with van der Waals surface area (Å²) < 4.78 is 6.95. The van der Waals surface area contributed by atoms with Gasteiger partial charge < -0.3 is 10.1 Å². The molecule has 0 spiro atoms. The van der Waals surface area contributed by atoms with Crippen LogP contribution in [0.1, 0.15) is 33.4 Å². The molecular formula is C28H24N6O2S. The third-order valence-electron chi connectivity index (χ3n) is 5.72. The van der Waals surface area contributed by atoms with Gasteiger partial charge in [0.2, 0.25) is 0 Å². The first kappa shape index (κ1) is 24.2. The molecule has 0 radical (unpaired) electrons. The molecule has 1 N–H and O–H groups in total. The summed E-state index contributed by atoms with van der Waals surface area (Å²) in [5.41, 5.74) is 3.59. The van der Waals surface area contributed by atoms with Crippen molar-refractivity contribution in [1.29, 1.82) is 0 Å². The first-order valence-electron chi connectivity index (χ1n) is 11.6. The Kier molecular flexibility index (Phi) is 7.52. The largest absolute Gasteiger partial charge is 0.497 e. The van der Waals surface area contributed by atoms with Crippen molar-refractivity contribution in [3.05, 3.63) is 126 Å². The fourth-order valence-electron chi connectivity index (χ4n) is 3.88. The zero-order valence-corrected chi connectivity index (χ0v) is 20.9. The van der Waals surface area contributed by atoms with E-state index in [1.165, 1.54) is 11.8 Å². The minimum atomic E-state index is -0.348. The van der Waals surface area contributed by atoms with Crippen LogP contribution in [0.3, 0.4) is 0 Å². The molecule has 5 aromatic rings. The van der Waals surface area contributed by atoms with Crippen molar-refractivity contribution in [2.45, 2.75) is 17.0 Å². The molecule has 9 heteroatoms. The summed E-state index contributed by atoms with van der Waals surface area (Å²) in [6, 6.07) is 28.6. The van der Waals surface area contributed by atoms with Gasteiger partial charge in [-0.25, -0.2) is 14.6 Å². The van der Waals surface area contributed by atoms with Gasteiger partial charge in [-0.05, 0) is 41.5 Å². The highest BCUT2D eigenvalue weighted by atomic mass is 32.2. The van der Waals surface area contributed by atoms with Gasteiger partial charge in [-0.15, -0.1) is 5.10 Å². The fraction of sp³-hybridized carbons (Fsp3) is 0.107. The molecule has 0 saturated heterocycles. The number of hydrogen-bond acceptors (Lipinski definition) is 7. The van der Waals surface area contributed by atoms with E-state index in [2.05, 4.69) is 25.6 Å². The molecule has 1 amide bonds. The van der Waals surface area contributed by atoms with Gasteiger partial charge in [-0.3, -0.25) is 4.79 Å². The Bertz CT molecular complexity index is 1410. The smallest absolute Gasteiger partial charge is 0.274 e. The van der Waals surface area contributed by atoms with Gasteiger partial charge in [0, 0.05) is 18.1 Å². The molecule has 0 aliphatic carbocycles. The minimum Gasteiger partial charge on any atom is -0.497 e. The predicted octanol–water partition coefficient (Wildman–Crippen LogP) is 4.88. The van der Waals surface area contributed by atoms with Crippen LogP contribution in [-0.2, 0) is 5.75 Å².